The first-order valence-corrected chi connectivity index (χ1v) is 2.08. The van der Waals surface area contributed by atoms with Crippen molar-refractivity contribution in [2.45, 2.75) is 12.8 Å². The highest BCUT2D eigenvalue weighted by Crippen LogP contribution is 1.98. The highest BCUT2D eigenvalue weighted by atomic mass is 19.0. The van der Waals surface area contributed by atoms with Crippen LogP contribution in [0.2, 0.25) is 0 Å². The van der Waals surface area contributed by atoms with Crippen molar-refractivity contribution in [1.29, 1.82) is 0 Å². The van der Waals surface area contributed by atoms with Gasteiger partial charge in [0.25, 0.3) is 0 Å². The Bertz CT molecular complexity index is 21.3. The van der Waals surface area contributed by atoms with Gasteiger partial charge in [0, 0.05) is 13.2 Å². The average Bonchev–Trinajstić information content (AvgIpc) is 1.76. The second-order valence-corrected chi connectivity index (χ2v) is 1.32. The molecule has 7 heavy (non-hydrogen) atoms. The van der Waals surface area contributed by atoms with Crippen LogP contribution in [0.3, 0.4) is 0 Å². The Labute approximate surface area is 42.2 Å². The molecule has 0 aromatic rings. The SMILES string of the molecule is C1CCOC1.F.O. The van der Waals surface area contributed by atoms with Crippen LogP contribution in [0.15, 0.2) is 0 Å². The molecule has 46 valence electrons. The molecule has 2 nitrogen and oxygen atoms in total. The predicted molar refractivity (Wildman–Crippen MR) is 26.2 cm³/mol. The normalized spacial score (nSPS) is 17.1. The van der Waals surface area contributed by atoms with E-state index in [0.717, 1.165) is 13.2 Å². The van der Waals surface area contributed by atoms with Crippen molar-refractivity contribution in [2.75, 3.05) is 13.2 Å². The number of halogens is 1. The molecule has 2 N–H and O–H groups in total. The predicted octanol–water partition coefficient (Wildman–Crippen LogP) is 0.125. The van der Waals surface area contributed by atoms with E-state index in [1.54, 1.807) is 0 Å². The lowest BCUT2D eigenvalue weighted by atomic mass is 10.4. The summed E-state index contributed by atoms with van der Waals surface area (Å²) >= 11 is 0. The first-order valence-electron chi connectivity index (χ1n) is 2.08. The Morgan fingerprint density at radius 1 is 1.00 bits per heavy atom. The molecule has 0 unspecified atom stereocenters. The zero-order valence-electron chi connectivity index (χ0n) is 4.14. The van der Waals surface area contributed by atoms with Gasteiger partial charge in [-0.15, -0.1) is 0 Å². The zero-order valence-corrected chi connectivity index (χ0v) is 4.14. The first kappa shape index (κ1) is 9.97. The molecule has 0 aliphatic carbocycles. The quantitative estimate of drug-likeness (QED) is 0.436. The number of hydrogen-bond donors (Lipinski definition) is 0. The molecule has 1 saturated heterocycles. The molecular formula is C4H11FO2. The Morgan fingerprint density at radius 2 is 1.43 bits per heavy atom. The summed E-state index contributed by atoms with van der Waals surface area (Å²) in [5.41, 5.74) is 0. The van der Waals surface area contributed by atoms with Crippen LogP contribution in [-0.2, 0) is 4.74 Å². The number of ether oxygens (including phenoxy) is 1. The lowest BCUT2D eigenvalue weighted by Gasteiger charge is -1.76. The fraction of sp³-hybridized carbons (Fsp3) is 1.00. The molecule has 0 atom stereocenters. The van der Waals surface area contributed by atoms with Crippen molar-refractivity contribution in [3.8, 4) is 0 Å². The zero-order chi connectivity index (χ0) is 3.54. The van der Waals surface area contributed by atoms with E-state index in [1.807, 2.05) is 0 Å². The number of rotatable bonds is 0. The fourth-order valence-electron chi connectivity index (χ4n) is 0.510. The van der Waals surface area contributed by atoms with Gasteiger partial charge in [-0.25, -0.2) is 0 Å². The summed E-state index contributed by atoms with van der Waals surface area (Å²) in [7, 11) is 0. The van der Waals surface area contributed by atoms with Crippen molar-refractivity contribution >= 4 is 0 Å². The molecule has 1 aliphatic heterocycles. The molecule has 0 saturated carbocycles. The lowest BCUT2D eigenvalue weighted by Crippen LogP contribution is -1.74. The average molecular weight is 110 g/mol. The van der Waals surface area contributed by atoms with Crippen LogP contribution in [0.5, 0.6) is 0 Å². The highest BCUT2D eigenvalue weighted by Gasteiger charge is 1.94. The van der Waals surface area contributed by atoms with E-state index in [0.29, 0.717) is 0 Å². The molecule has 0 spiro atoms. The first-order chi connectivity index (χ1) is 2.50. The Balaban J connectivity index is 0. The monoisotopic (exact) mass is 110 g/mol. The van der Waals surface area contributed by atoms with Crippen molar-refractivity contribution < 1.29 is 14.9 Å². The van der Waals surface area contributed by atoms with Crippen LogP contribution in [0.25, 0.3) is 0 Å². The Morgan fingerprint density at radius 3 is 1.57 bits per heavy atom. The van der Waals surface area contributed by atoms with Gasteiger partial charge in [-0.3, -0.25) is 4.70 Å². The molecule has 0 radical (unpaired) electrons. The minimum atomic E-state index is 0. The van der Waals surface area contributed by atoms with E-state index in [1.165, 1.54) is 12.8 Å². The smallest absolute Gasteiger partial charge is 0.0466 e. The van der Waals surface area contributed by atoms with Crippen LogP contribution in [0.4, 0.5) is 4.70 Å². The van der Waals surface area contributed by atoms with Gasteiger partial charge >= 0.3 is 0 Å². The van der Waals surface area contributed by atoms with Crippen LogP contribution in [-0.4, -0.2) is 18.7 Å². The van der Waals surface area contributed by atoms with Gasteiger partial charge in [0.05, 0.1) is 0 Å². The van der Waals surface area contributed by atoms with E-state index in [-0.39, 0.29) is 10.2 Å². The summed E-state index contributed by atoms with van der Waals surface area (Å²) in [6, 6.07) is 0. The summed E-state index contributed by atoms with van der Waals surface area (Å²) in [6.45, 7) is 2.00. The molecule has 1 fully saturated rings. The topological polar surface area (TPSA) is 40.7 Å². The van der Waals surface area contributed by atoms with Gasteiger partial charge in [-0.1, -0.05) is 0 Å². The minimum absolute atomic E-state index is 0. The second-order valence-electron chi connectivity index (χ2n) is 1.32. The van der Waals surface area contributed by atoms with Crippen molar-refractivity contribution in [2.24, 2.45) is 0 Å². The molecule has 0 bridgehead atoms. The van der Waals surface area contributed by atoms with E-state index in [9.17, 15) is 0 Å². The summed E-state index contributed by atoms with van der Waals surface area (Å²) < 4.78 is 4.94. The third-order valence-corrected chi connectivity index (χ3v) is 0.827. The van der Waals surface area contributed by atoms with Gasteiger partial charge in [0.15, 0.2) is 0 Å². The summed E-state index contributed by atoms with van der Waals surface area (Å²) in [4.78, 5) is 0. The van der Waals surface area contributed by atoms with Crippen LogP contribution in [0, 0.1) is 0 Å². The summed E-state index contributed by atoms with van der Waals surface area (Å²) in [5.74, 6) is 0. The van der Waals surface area contributed by atoms with Gasteiger partial charge in [0.2, 0.25) is 0 Å². The molecular weight excluding hydrogens is 99.0 g/mol. The summed E-state index contributed by atoms with van der Waals surface area (Å²) in [6.07, 6.45) is 2.56. The standard InChI is InChI=1S/C4H8O.FH.H2O/c1-2-4-5-3-1;;/h1-4H2;1H;1H2. The molecule has 0 amide bonds. The van der Waals surface area contributed by atoms with E-state index in [2.05, 4.69) is 0 Å². The second kappa shape index (κ2) is 5.85. The molecule has 3 heteroatoms. The van der Waals surface area contributed by atoms with E-state index < -0.39 is 0 Å². The molecule has 0 aromatic heterocycles. The molecule has 1 aliphatic rings. The maximum absolute atomic E-state index is 4.94. The Kier molecular flexibility index (Phi) is 8.33. The largest absolute Gasteiger partial charge is 0.412 e. The van der Waals surface area contributed by atoms with E-state index in [4.69, 9.17) is 4.74 Å². The third-order valence-electron chi connectivity index (χ3n) is 0.827. The van der Waals surface area contributed by atoms with Crippen molar-refractivity contribution in [3.05, 3.63) is 0 Å². The lowest BCUT2D eigenvalue weighted by molar-refractivity contribution is 0.198. The fourth-order valence-corrected chi connectivity index (χ4v) is 0.510. The molecule has 1 rings (SSSR count). The maximum atomic E-state index is 4.94. The van der Waals surface area contributed by atoms with E-state index >= 15 is 0 Å². The van der Waals surface area contributed by atoms with Gasteiger partial charge in [-0.05, 0) is 12.8 Å². The van der Waals surface area contributed by atoms with Crippen LogP contribution >= 0.6 is 0 Å². The highest BCUT2D eigenvalue weighted by molar-refractivity contribution is 4.43. The third kappa shape index (κ3) is 3.69. The van der Waals surface area contributed by atoms with Crippen molar-refractivity contribution in [1.82, 2.24) is 0 Å². The Hall–Kier alpha value is -0.150. The summed E-state index contributed by atoms with van der Waals surface area (Å²) in [5, 5.41) is 0. The van der Waals surface area contributed by atoms with Crippen LogP contribution in [0.1, 0.15) is 12.8 Å². The van der Waals surface area contributed by atoms with Gasteiger partial charge in [-0.2, -0.15) is 0 Å². The number of hydrogen-bond acceptors (Lipinski definition) is 1. The van der Waals surface area contributed by atoms with Gasteiger partial charge < -0.3 is 10.2 Å². The molecule has 0 aromatic carbocycles. The van der Waals surface area contributed by atoms with Crippen LogP contribution < -0.4 is 0 Å². The minimum Gasteiger partial charge on any atom is -0.412 e. The van der Waals surface area contributed by atoms with Crippen molar-refractivity contribution in [3.63, 3.8) is 0 Å². The maximum Gasteiger partial charge on any atom is 0.0466 e. The van der Waals surface area contributed by atoms with Gasteiger partial charge in [0.1, 0.15) is 0 Å². The molecule has 1 heterocycles.